The summed E-state index contributed by atoms with van der Waals surface area (Å²) in [4.78, 5) is 0. The largest absolute Gasteiger partial charge is 0.494 e. The van der Waals surface area contributed by atoms with Crippen molar-refractivity contribution in [1.82, 2.24) is 5.32 Å². The van der Waals surface area contributed by atoms with Crippen molar-refractivity contribution in [1.29, 1.82) is 0 Å². The van der Waals surface area contributed by atoms with E-state index in [1.165, 1.54) is 19.3 Å². The lowest BCUT2D eigenvalue weighted by molar-refractivity contribution is 0.207. The molecule has 1 fully saturated rings. The molecular formula is C17H27NO2. The van der Waals surface area contributed by atoms with Crippen LogP contribution in [0.25, 0.3) is 0 Å². The molecule has 3 nitrogen and oxygen atoms in total. The van der Waals surface area contributed by atoms with Crippen LogP contribution < -0.4 is 14.8 Å². The Kier molecular flexibility index (Phi) is 6.19. The Morgan fingerprint density at radius 2 is 1.90 bits per heavy atom. The topological polar surface area (TPSA) is 30.5 Å². The summed E-state index contributed by atoms with van der Waals surface area (Å²) >= 11 is 0. The van der Waals surface area contributed by atoms with Gasteiger partial charge in [0, 0.05) is 6.04 Å². The zero-order chi connectivity index (χ0) is 14.2. The second-order valence-corrected chi connectivity index (χ2v) is 5.62. The Morgan fingerprint density at radius 1 is 1.20 bits per heavy atom. The summed E-state index contributed by atoms with van der Waals surface area (Å²) in [7, 11) is 0. The Morgan fingerprint density at radius 3 is 2.55 bits per heavy atom. The third-order valence-corrected chi connectivity index (χ3v) is 3.43. The monoisotopic (exact) mass is 277 g/mol. The summed E-state index contributed by atoms with van der Waals surface area (Å²) in [5, 5.41) is 3.53. The summed E-state index contributed by atoms with van der Waals surface area (Å²) in [5.41, 5.74) is 0. The van der Waals surface area contributed by atoms with Crippen molar-refractivity contribution in [2.45, 2.75) is 58.1 Å². The van der Waals surface area contributed by atoms with Crippen LogP contribution in [-0.4, -0.2) is 25.3 Å². The number of ether oxygens (including phenoxy) is 2. The number of hydrogen-bond donors (Lipinski definition) is 1. The summed E-state index contributed by atoms with van der Waals surface area (Å²) in [5.74, 6) is 1.84. The fraction of sp³-hybridized carbons (Fsp3) is 0.647. The molecular weight excluding hydrogens is 250 g/mol. The standard InChI is InChI=1S/C17H27NO2/c1-3-13-19-16-8-10-17(11-9-16)20-14(2)5-4-12-18-15-6-7-15/h8-11,14-15,18H,3-7,12-13H2,1-2H3. The minimum absolute atomic E-state index is 0.262. The fourth-order valence-corrected chi connectivity index (χ4v) is 2.11. The minimum Gasteiger partial charge on any atom is -0.494 e. The number of rotatable bonds is 10. The maximum atomic E-state index is 5.91. The van der Waals surface area contributed by atoms with E-state index < -0.39 is 0 Å². The molecule has 0 saturated heterocycles. The van der Waals surface area contributed by atoms with Gasteiger partial charge in [-0.15, -0.1) is 0 Å². The molecule has 1 saturated carbocycles. The molecule has 1 aliphatic carbocycles. The predicted octanol–water partition coefficient (Wildman–Crippen LogP) is 3.77. The molecule has 1 N–H and O–H groups in total. The normalized spacial score (nSPS) is 15.9. The van der Waals surface area contributed by atoms with Crippen molar-refractivity contribution in [3.8, 4) is 11.5 Å². The van der Waals surface area contributed by atoms with Gasteiger partial charge in [-0.3, -0.25) is 0 Å². The van der Waals surface area contributed by atoms with Crippen LogP contribution in [0.3, 0.4) is 0 Å². The van der Waals surface area contributed by atoms with Crippen LogP contribution in [0.1, 0.15) is 46.0 Å². The molecule has 1 aromatic rings. The van der Waals surface area contributed by atoms with Gasteiger partial charge in [0.05, 0.1) is 12.7 Å². The quantitative estimate of drug-likeness (QED) is 0.660. The highest BCUT2D eigenvalue weighted by atomic mass is 16.5. The Bertz CT molecular complexity index is 373. The van der Waals surface area contributed by atoms with Crippen LogP contribution in [0.2, 0.25) is 0 Å². The van der Waals surface area contributed by atoms with Gasteiger partial charge in [0.15, 0.2) is 0 Å². The maximum Gasteiger partial charge on any atom is 0.119 e. The zero-order valence-electron chi connectivity index (χ0n) is 12.7. The van der Waals surface area contributed by atoms with Gasteiger partial charge < -0.3 is 14.8 Å². The van der Waals surface area contributed by atoms with E-state index in [0.29, 0.717) is 0 Å². The lowest BCUT2D eigenvalue weighted by atomic mass is 10.2. The van der Waals surface area contributed by atoms with Crippen LogP contribution in [0.4, 0.5) is 0 Å². The molecule has 3 heteroatoms. The van der Waals surface area contributed by atoms with Crippen molar-refractivity contribution >= 4 is 0 Å². The summed E-state index contributed by atoms with van der Waals surface area (Å²) < 4.78 is 11.5. The van der Waals surface area contributed by atoms with E-state index in [1.807, 2.05) is 24.3 Å². The first kappa shape index (κ1) is 15.2. The molecule has 1 aromatic carbocycles. The van der Waals surface area contributed by atoms with E-state index in [-0.39, 0.29) is 6.10 Å². The van der Waals surface area contributed by atoms with Crippen LogP contribution in [-0.2, 0) is 0 Å². The van der Waals surface area contributed by atoms with Gasteiger partial charge in [0.25, 0.3) is 0 Å². The highest BCUT2D eigenvalue weighted by molar-refractivity contribution is 5.31. The molecule has 0 spiro atoms. The van der Waals surface area contributed by atoms with Gasteiger partial charge in [-0.25, -0.2) is 0 Å². The second-order valence-electron chi connectivity index (χ2n) is 5.62. The smallest absolute Gasteiger partial charge is 0.119 e. The minimum atomic E-state index is 0.262. The van der Waals surface area contributed by atoms with Crippen molar-refractivity contribution in [2.75, 3.05) is 13.2 Å². The lowest BCUT2D eigenvalue weighted by Gasteiger charge is -2.15. The fourth-order valence-electron chi connectivity index (χ4n) is 2.11. The Labute approximate surface area is 122 Å². The molecule has 0 heterocycles. The molecule has 1 unspecified atom stereocenters. The van der Waals surface area contributed by atoms with Gasteiger partial charge in [-0.2, -0.15) is 0 Å². The first-order valence-electron chi connectivity index (χ1n) is 7.91. The molecule has 0 radical (unpaired) electrons. The SMILES string of the molecule is CCCOc1ccc(OC(C)CCCNC2CC2)cc1. The molecule has 112 valence electrons. The summed E-state index contributed by atoms with van der Waals surface area (Å²) in [6.07, 6.45) is 6.28. The Balaban J connectivity index is 1.63. The summed E-state index contributed by atoms with van der Waals surface area (Å²) in [6.45, 7) is 6.13. The van der Waals surface area contributed by atoms with Crippen molar-refractivity contribution < 1.29 is 9.47 Å². The van der Waals surface area contributed by atoms with E-state index in [0.717, 1.165) is 43.5 Å². The highest BCUT2D eigenvalue weighted by Crippen LogP contribution is 2.20. The molecule has 1 aliphatic rings. The third-order valence-electron chi connectivity index (χ3n) is 3.43. The predicted molar refractivity (Wildman–Crippen MR) is 82.6 cm³/mol. The van der Waals surface area contributed by atoms with E-state index in [4.69, 9.17) is 9.47 Å². The van der Waals surface area contributed by atoms with E-state index >= 15 is 0 Å². The van der Waals surface area contributed by atoms with Gasteiger partial charge in [-0.1, -0.05) is 6.92 Å². The molecule has 20 heavy (non-hydrogen) atoms. The van der Waals surface area contributed by atoms with Crippen LogP contribution in [0, 0.1) is 0 Å². The number of nitrogens with one attached hydrogen (secondary N) is 1. The average Bonchev–Trinajstić information content (AvgIpc) is 3.27. The summed E-state index contributed by atoms with van der Waals surface area (Å²) in [6, 6.07) is 8.74. The molecule has 0 amide bonds. The van der Waals surface area contributed by atoms with E-state index in [2.05, 4.69) is 19.2 Å². The molecule has 0 bridgehead atoms. The van der Waals surface area contributed by atoms with E-state index in [1.54, 1.807) is 0 Å². The van der Waals surface area contributed by atoms with Gasteiger partial charge >= 0.3 is 0 Å². The maximum absolute atomic E-state index is 5.91. The van der Waals surface area contributed by atoms with Crippen molar-refractivity contribution in [3.63, 3.8) is 0 Å². The van der Waals surface area contributed by atoms with Gasteiger partial charge in [-0.05, 0) is 69.8 Å². The van der Waals surface area contributed by atoms with E-state index in [9.17, 15) is 0 Å². The van der Waals surface area contributed by atoms with Crippen molar-refractivity contribution in [2.24, 2.45) is 0 Å². The van der Waals surface area contributed by atoms with Crippen LogP contribution in [0.5, 0.6) is 11.5 Å². The highest BCUT2D eigenvalue weighted by Gasteiger charge is 2.19. The molecule has 0 aromatic heterocycles. The van der Waals surface area contributed by atoms with Gasteiger partial charge in [0.1, 0.15) is 11.5 Å². The molecule has 2 rings (SSSR count). The zero-order valence-corrected chi connectivity index (χ0v) is 12.7. The lowest BCUT2D eigenvalue weighted by Crippen LogP contribution is -2.20. The first-order valence-corrected chi connectivity index (χ1v) is 7.91. The number of hydrogen-bond acceptors (Lipinski definition) is 3. The van der Waals surface area contributed by atoms with Crippen LogP contribution in [0.15, 0.2) is 24.3 Å². The third kappa shape index (κ3) is 5.83. The number of benzene rings is 1. The van der Waals surface area contributed by atoms with Crippen LogP contribution >= 0.6 is 0 Å². The first-order chi connectivity index (χ1) is 9.78. The van der Waals surface area contributed by atoms with Gasteiger partial charge in [0.2, 0.25) is 0 Å². The Hall–Kier alpha value is -1.22. The van der Waals surface area contributed by atoms with Crippen molar-refractivity contribution in [3.05, 3.63) is 24.3 Å². The molecule has 1 atom stereocenters. The second kappa shape index (κ2) is 8.15. The molecule has 0 aliphatic heterocycles. The average molecular weight is 277 g/mol.